The number of carbonyl (C=O) groups excluding carboxylic acids is 2. The lowest BCUT2D eigenvalue weighted by Gasteiger charge is -2.07. The Labute approximate surface area is 151 Å². The summed E-state index contributed by atoms with van der Waals surface area (Å²) in [6.07, 6.45) is 0.0215. The number of hydrogen-bond acceptors (Lipinski definition) is 4. The van der Waals surface area contributed by atoms with Crippen molar-refractivity contribution in [2.75, 3.05) is 7.11 Å². The van der Waals surface area contributed by atoms with Crippen molar-refractivity contribution < 1.29 is 18.7 Å². The molecular formula is C19H20FN3O3. The summed E-state index contributed by atoms with van der Waals surface area (Å²) in [4.78, 5) is 23.8. The number of methoxy groups -OCH3 is 1. The third-order valence-electron chi connectivity index (χ3n) is 3.53. The molecule has 0 unspecified atom stereocenters. The highest BCUT2D eigenvalue weighted by Gasteiger charge is 2.10. The number of amides is 2. The van der Waals surface area contributed by atoms with Crippen LogP contribution in [0, 0.1) is 5.82 Å². The predicted molar refractivity (Wildman–Crippen MR) is 96.4 cm³/mol. The highest BCUT2D eigenvalue weighted by atomic mass is 19.1. The van der Waals surface area contributed by atoms with Crippen molar-refractivity contribution in [1.29, 1.82) is 0 Å². The van der Waals surface area contributed by atoms with Gasteiger partial charge in [0.25, 0.3) is 5.91 Å². The summed E-state index contributed by atoms with van der Waals surface area (Å²) in [5.74, 6) is -0.785. The van der Waals surface area contributed by atoms with Crippen LogP contribution in [0.2, 0.25) is 0 Å². The molecule has 0 heterocycles. The summed E-state index contributed by atoms with van der Waals surface area (Å²) >= 11 is 0. The molecule has 0 aromatic heterocycles. The first-order valence-corrected chi connectivity index (χ1v) is 7.97. The highest BCUT2D eigenvalue weighted by molar-refractivity contribution is 6.01. The average Bonchev–Trinajstić information content (AvgIpc) is 2.65. The second-order valence-electron chi connectivity index (χ2n) is 5.57. The maximum Gasteiger partial charge on any atom is 0.274 e. The molecular weight excluding hydrogens is 337 g/mol. The van der Waals surface area contributed by atoms with Crippen molar-refractivity contribution in [3.05, 3.63) is 65.5 Å². The van der Waals surface area contributed by atoms with Gasteiger partial charge in [0.1, 0.15) is 11.6 Å². The van der Waals surface area contributed by atoms with Crippen LogP contribution in [0.15, 0.2) is 53.6 Å². The van der Waals surface area contributed by atoms with Gasteiger partial charge in [-0.15, -0.1) is 0 Å². The smallest absolute Gasteiger partial charge is 0.274 e. The first-order valence-electron chi connectivity index (χ1n) is 7.97. The molecule has 0 aliphatic heterocycles. The van der Waals surface area contributed by atoms with Gasteiger partial charge in [-0.1, -0.05) is 24.3 Å². The first kappa shape index (κ1) is 19.1. The molecule has 2 amide bonds. The van der Waals surface area contributed by atoms with E-state index in [9.17, 15) is 14.0 Å². The Morgan fingerprint density at radius 3 is 2.46 bits per heavy atom. The van der Waals surface area contributed by atoms with Crippen LogP contribution in [-0.4, -0.2) is 24.6 Å². The minimum absolute atomic E-state index is 0.0215. The van der Waals surface area contributed by atoms with Crippen molar-refractivity contribution >= 4 is 17.5 Å². The van der Waals surface area contributed by atoms with Gasteiger partial charge >= 0.3 is 0 Å². The molecule has 0 saturated heterocycles. The van der Waals surface area contributed by atoms with Gasteiger partial charge in [0.2, 0.25) is 5.91 Å². The minimum atomic E-state index is -0.666. The normalized spacial score (nSPS) is 11.0. The van der Waals surface area contributed by atoms with E-state index in [2.05, 4.69) is 15.8 Å². The van der Waals surface area contributed by atoms with E-state index >= 15 is 0 Å². The van der Waals surface area contributed by atoms with Crippen LogP contribution in [0.5, 0.6) is 5.75 Å². The molecule has 136 valence electrons. The van der Waals surface area contributed by atoms with Crippen LogP contribution < -0.4 is 15.5 Å². The topological polar surface area (TPSA) is 79.8 Å². The van der Waals surface area contributed by atoms with E-state index in [-0.39, 0.29) is 17.9 Å². The van der Waals surface area contributed by atoms with Crippen molar-refractivity contribution in [3.8, 4) is 5.75 Å². The molecule has 6 nitrogen and oxygen atoms in total. The van der Waals surface area contributed by atoms with E-state index < -0.39 is 11.7 Å². The van der Waals surface area contributed by atoms with Crippen molar-refractivity contribution in [2.45, 2.75) is 19.9 Å². The lowest BCUT2D eigenvalue weighted by molar-refractivity contribution is -0.120. The van der Waals surface area contributed by atoms with Crippen LogP contribution in [-0.2, 0) is 11.3 Å². The zero-order valence-corrected chi connectivity index (χ0v) is 14.6. The Hall–Kier alpha value is -3.22. The van der Waals surface area contributed by atoms with Gasteiger partial charge in [0.15, 0.2) is 0 Å². The molecule has 0 radical (unpaired) electrons. The summed E-state index contributed by atoms with van der Waals surface area (Å²) in [6.45, 7) is 1.98. The van der Waals surface area contributed by atoms with Crippen molar-refractivity contribution in [3.63, 3.8) is 0 Å². The molecule has 2 aromatic carbocycles. The van der Waals surface area contributed by atoms with Gasteiger partial charge in [-0.25, -0.2) is 9.82 Å². The maximum absolute atomic E-state index is 13.5. The second-order valence-corrected chi connectivity index (χ2v) is 5.57. The fourth-order valence-electron chi connectivity index (χ4n) is 2.13. The van der Waals surface area contributed by atoms with Crippen LogP contribution in [0.1, 0.15) is 29.3 Å². The van der Waals surface area contributed by atoms with Crippen LogP contribution in [0.3, 0.4) is 0 Å². The fraction of sp³-hybridized carbons (Fsp3) is 0.211. The molecule has 2 rings (SSSR count). The van der Waals surface area contributed by atoms with Crippen LogP contribution in [0.25, 0.3) is 0 Å². The van der Waals surface area contributed by atoms with Gasteiger partial charge in [-0.05, 0) is 36.8 Å². The second kappa shape index (κ2) is 9.31. The number of hydrazone groups is 1. The van der Waals surface area contributed by atoms with Gasteiger partial charge in [0.05, 0.1) is 19.1 Å². The van der Waals surface area contributed by atoms with E-state index in [4.69, 9.17) is 4.74 Å². The monoisotopic (exact) mass is 357 g/mol. The van der Waals surface area contributed by atoms with E-state index in [0.717, 1.165) is 11.3 Å². The van der Waals surface area contributed by atoms with Gasteiger partial charge in [-0.2, -0.15) is 5.10 Å². The molecule has 0 atom stereocenters. The Morgan fingerprint density at radius 1 is 1.12 bits per heavy atom. The Balaban J connectivity index is 1.81. The third kappa shape index (κ3) is 5.70. The third-order valence-corrected chi connectivity index (χ3v) is 3.53. The Bertz CT molecular complexity index is 804. The van der Waals surface area contributed by atoms with E-state index in [1.54, 1.807) is 20.1 Å². The molecule has 26 heavy (non-hydrogen) atoms. The van der Waals surface area contributed by atoms with E-state index in [1.165, 1.54) is 18.2 Å². The summed E-state index contributed by atoms with van der Waals surface area (Å²) in [5.41, 5.74) is 3.48. The number of hydrogen-bond donors (Lipinski definition) is 2. The minimum Gasteiger partial charge on any atom is -0.497 e. The number of ether oxygens (including phenoxy) is 1. The van der Waals surface area contributed by atoms with Crippen molar-refractivity contribution in [1.82, 2.24) is 10.7 Å². The molecule has 0 saturated carbocycles. The zero-order chi connectivity index (χ0) is 18.9. The standard InChI is InChI=1S/C19H20FN3O3/c1-13(22-23-19(25)16-5-3-4-6-17(16)20)11-18(24)21-12-14-7-9-15(26-2)10-8-14/h3-10H,11-12H2,1-2H3,(H,21,24)(H,23,25). The summed E-state index contributed by atoms with van der Waals surface area (Å²) in [5, 5.41) is 6.59. The SMILES string of the molecule is COc1ccc(CNC(=O)CC(C)=NNC(=O)c2ccccc2F)cc1. The van der Waals surface area contributed by atoms with Crippen LogP contribution >= 0.6 is 0 Å². The number of nitrogens with one attached hydrogen (secondary N) is 2. The molecule has 0 bridgehead atoms. The van der Waals surface area contributed by atoms with Gasteiger partial charge in [-0.3, -0.25) is 9.59 Å². The molecule has 0 aliphatic rings. The summed E-state index contributed by atoms with van der Waals surface area (Å²) in [6, 6.07) is 12.9. The molecule has 2 N–H and O–H groups in total. The fourth-order valence-corrected chi connectivity index (χ4v) is 2.13. The number of rotatable bonds is 7. The van der Waals surface area contributed by atoms with Gasteiger partial charge < -0.3 is 10.1 Å². The predicted octanol–water partition coefficient (Wildman–Crippen LogP) is 2.65. The lowest BCUT2D eigenvalue weighted by atomic mass is 10.2. The zero-order valence-electron chi connectivity index (χ0n) is 14.6. The first-order chi connectivity index (χ1) is 12.5. The lowest BCUT2D eigenvalue weighted by Crippen LogP contribution is -2.26. The molecule has 0 spiro atoms. The van der Waals surface area contributed by atoms with E-state index in [1.807, 2.05) is 24.3 Å². The van der Waals surface area contributed by atoms with Crippen molar-refractivity contribution in [2.24, 2.45) is 5.10 Å². The summed E-state index contributed by atoms with van der Waals surface area (Å²) < 4.78 is 18.6. The maximum atomic E-state index is 13.5. The Morgan fingerprint density at radius 2 is 1.81 bits per heavy atom. The largest absolute Gasteiger partial charge is 0.497 e. The molecule has 7 heteroatoms. The molecule has 0 fully saturated rings. The quantitative estimate of drug-likeness (QED) is 0.591. The van der Waals surface area contributed by atoms with E-state index in [0.29, 0.717) is 12.3 Å². The number of halogens is 1. The number of nitrogens with zero attached hydrogens (tertiary/aromatic N) is 1. The van der Waals surface area contributed by atoms with Gasteiger partial charge in [0, 0.05) is 12.3 Å². The average molecular weight is 357 g/mol. The highest BCUT2D eigenvalue weighted by Crippen LogP contribution is 2.11. The van der Waals surface area contributed by atoms with Crippen LogP contribution in [0.4, 0.5) is 4.39 Å². The number of carbonyl (C=O) groups is 2. The Kier molecular flexibility index (Phi) is 6.84. The number of benzene rings is 2. The molecule has 0 aliphatic carbocycles. The molecule has 2 aromatic rings. The summed E-state index contributed by atoms with van der Waals surface area (Å²) in [7, 11) is 1.59.